The number of aliphatic hydroxyl groups is 1. The number of benzene rings is 2. The van der Waals surface area contributed by atoms with Gasteiger partial charge < -0.3 is 15.7 Å². The molecule has 0 aliphatic heterocycles. The Kier molecular flexibility index (Phi) is 9.04. The van der Waals surface area contributed by atoms with Crippen LogP contribution < -0.4 is 10.6 Å². The van der Waals surface area contributed by atoms with E-state index in [9.17, 15) is 32.3 Å². The Labute approximate surface area is 304 Å². The number of halogens is 6. The number of rotatable bonds is 9. The molecule has 1 saturated carbocycles. The van der Waals surface area contributed by atoms with Crippen molar-refractivity contribution in [2.45, 2.75) is 70.1 Å². The highest BCUT2D eigenvalue weighted by atomic mass is 19.3. The second-order valence-electron chi connectivity index (χ2n) is 14.1. The van der Waals surface area contributed by atoms with Gasteiger partial charge >= 0.3 is 0 Å². The van der Waals surface area contributed by atoms with E-state index in [0.29, 0.717) is 32.8 Å². The third kappa shape index (κ3) is 6.91. The SMILES string of the molecule is CC(=O)Nc1nn(C)c2c(-c3ccc(C#CC(C)(C)O)nc3[C@H](Cc3cc(F)cc(F)c3)NC(=O)Cn3nc(C(F)F)c4c3C(F)(F)[C@@H]3C[C@H]43)cccc12. The Morgan fingerprint density at radius 3 is 2.44 bits per heavy atom. The van der Waals surface area contributed by atoms with Gasteiger partial charge in [-0.2, -0.15) is 19.0 Å². The molecule has 3 atom stereocenters. The van der Waals surface area contributed by atoms with Gasteiger partial charge in [-0.05, 0) is 74.4 Å². The van der Waals surface area contributed by atoms with Crippen LogP contribution in [0, 0.1) is 29.4 Å². The number of carbonyl (C=O) groups is 2. The van der Waals surface area contributed by atoms with E-state index in [-0.39, 0.29) is 47.1 Å². The first-order chi connectivity index (χ1) is 25.4. The van der Waals surface area contributed by atoms with Gasteiger partial charge in [0.25, 0.3) is 12.3 Å². The van der Waals surface area contributed by atoms with Crippen LogP contribution in [-0.4, -0.2) is 47.1 Å². The van der Waals surface area contributed by atoms with Gasteiger partial charge in [0.05, 0.1) is 17.3 Å². The molecule has 54 heavy (non-hydrogen) atoms. The minimum atomic E-state index is -3.47. The minimum absolute atomic E-state index is 0.0424. The largest absolute Gasteiger partial charge is 0.378 e. The number of amides is 2. The summed E-state index contributed by atoms with van der Waals surface area (Å²) in [4.78, 5) is 30.6. The van der Waals surface area contributed by atoms with Crippen molar-refractivity contribution >= 4 is 28.5 Å². The van der Waals surface area contributed by atoms with E-state index < -0.39 is 71.3 Å². The maximum Gasteiger partial charge on any atom is 0.293 e. The summed E-state index contributed by atoms with van der Waals surface area (Å²) in [5, 5.41) is 24.5. The van der Waals surface area contributed by atoms with Crippen molar-refractivity contribution in [3.05, 3.63) is 94.1 Å². The molecule has 280 valence electrons. The molecule has 10 nitrogen and oxygen atoms in total. The lowest BCUT2D eigenvalue weighted by Gasteiger charge is -2.23. The van der Waals surface area contributed by atoms with Gasteiger partial charge in [-0.15, -0.1) is 0 Å². The highest BCUT2D eigenvalue weighted by Gasteiger charge is 2.67. The predicted molar refractivity (Wildman–Crippen MR) is 184 cm³/mol. The van der Waals surface area contributed by atoms with Crippen molar-refractivity contribution in [2.75, 3.05) is 5.32 Å². The monoisotopic (exact) mass is 749 g/mol. The summed E-state index contributed by atoms with van der Waals surface area (Å²) in [5.74, 6) is -2.74. The lowest BCUT2D eigenvalue weighted by molar-refractivity contribution is -0.123. The van der Waals surface area contributed by atoms with Gasteiger partial charge in [0, 0.05) is 48.0 Å². The van der Waals surface area contributed by atoms with E-state index in [1.165, 1.54) is 25.5 Å². The number of nitrogens with one attached hydrogen (secondary N) is 2. The lowest BCUT2D eigenvalue weighted by Crippen LogP contribution is -2.35. The fourth-order valence-electron chi connectivity index (χ4n) is 7.20. The van der Waals surface area contributed by atoms with Crippen LogP contribution in [0.15, 0.2) is 48.5 Å². The molecular weight excluding hydrogens is 716 g/mol. The number of hydrogen-bond acceptors (Lipinski definition) is 6. The number of anilines is 1. The number of fused-ring (bicyclic) bond motifs is 4. The van der Waals surface area contributed by atoms with E-state index >= 15 is 8.78 Å². The van der Waals surface area contributed by atoms with E-state index in [4.69, 9.17) is 4.98 Å². The minimum Gasteiger partial charge on any atom is -0.378 e. The average molecular weight is 750 g/mol. The molecule has 3 heterocycles. The summed E-state index contributed by atoms with van der Waals surface area (Å²) >= 11 is 0. The van der Waals surface area contributed by atoms with E-state index in [0.717, 1.165) is 12.1 Å². The molecule has 0 spiro atoms. The zero-order valence-electron chi connectivity index (χ0n) is 29.3. The molecule has 2 aliphatic rings. The third-order valence-corrected chi connectivity index (χ3v) is 9.36. The summed E-state index contributed by atoms with van der Waals surface area (Å²) in [6.45, 7) is 3.39. The Balaban J connectivity index is 1.37. The molecule has 3 N–H and O–H groups in total. The smallest absolute Gasteiger partial charge is 0.293 e. The molecule has 16 heteroatoms. The second kappa shape index (κ2) is 13.3. The summed E-state index contributed by atoms with van der Waals surface area (Å²) < 4.78 is 89.8. The normalized spacial score (nSPS) is 17.5. The van der Waals surface area contributed by atoms with Crippen LogP contribution in [-0.2, 0) is 35.5 Å². The van der Waals surface area contributed by atoms with Crippen molar-refractivity contribution in [3.63, 3.8) is 0 Å². The number of nitrogens with zero attached hydrogens (tertiary/aromatic N) is 5. The van der Waals surface area contributed by atoms with Gasteiger partial charge in [-0.3, -0.25) is 19.0 Å². The quantitative estimate of drug-likeness (QED) is 0.118. The fourth-order valence-corrected chi connectivity index (χ4v) is 7.20. The maximum atomic E-state index is 15.3. The first-order valence-electron chi connectivity index (χ1n) is 16.9. The molecule has 7 rings (SSSR count). The standard InChI is InChI=1S/C38H33F6N7O3/c1-18(52)45-36-25-7-5-6-24(33(25)50(4)49-36)23-9-8-22(10-11-37(2,3)54)46-31(23)28(14-19-12-20(39)15-21(40)13-19)47-29(53)17-51-34-30(32(48-51)35(41)42)26-16-27(26)38(34,43)44/h5-9,12-13,15,26-28,35,54H,14,16-17H2,1-4H3,(H,47,53)(H,45,49,52)/t26-,27+,28-/m0/s1. The number of hydrogen-bond donors (Lipinski definition) is 3. The maximum absolute atomic E-state index is 15.3. The Hall–Kier alpha value is -5.69. The zero-order chi connectivity index (χ0) is 38.9. The van der Waals surface area contributed by atoms with Gasteiger partial charge in [-0.1, -0.05) is 18.1 Å². The molecule has 0 saturated heterocycles. The molecule has 0 radical (unpaired) electrons. The third-order valence-electron chi connectivity index (χ3n) is 9.36. The summed E-state index contributed by atoms with van der Waals surface area (Å²) in [6.07, 6.45) is -3.38. The van der Waals surface area contributed by atoms with Crippen LogP contribution in [0.5, 0.6) is 0 Å². The number of alkyl halides is 4. The van der Waals surface area contributed by atoms with Crippen LogP contribution in [0.4, 0.5) is 32.2 Å². The molecule has 1 fully saturated rings. The Bertz CT molecular complexity index is 2390. The Morgan fingerprint density at radius 1 is 1.06 bits per heavy atom. The lowest BCUT2D eigenvalue weighted by atomic mass is 9.93. The first-order valence-corrected chi connectivity index (χ1v) is 16.9. The average Bonchev–Trinajstić information content (AvgIpc) is 3.62. The van der Waals surface area contributed by atoms with Gasteiger partial charge in [-0.25, -0.2) is 22.5 Å². The molecular formula is C38H33F6N7O3. The van der Waals surface area contributed by atoms with Crippen LogP contribution in [0.1, 0.15) is 79.5 Å². The molecule has 3 aromatic heterocycles. The molecule has 2 aliphatic carbocycles. The molecule has 2 aromatic carbocycles. The second-order valence-corrected chi connectivity index (χ2v) is 14.1. The number of aryl methyl sites for hydroxylation is 1. The first kappa shape index (κ1) is 36.7. The van der Waals surface area contributed by atoms with Gasteiger partial charge in [0.2, 0.25) is 11.8 Å². The molecule has 2 amide bonds. The number of para-hydroxylation sites is 1. The van der Waals surface area contributed by atoms with Crippen LogP contribution >= 0.6 is 0 Å². The van der Waals surface area contributed by atoms with E-state index in [1.54, 1.807) is 37.4 Å². The number of aromatic nitrogens is 5. The summed E-state index contributed by atoms with van der Waals surface area (Å²) in [7, 11) is 1.65. The van der Waals surface area contributed by atoms with Crippen LogP contribution in [0.3, 0.4) is 0 Å². The van der Waals surface area contributed by atoms with Gasteiger partial charge in [0.15, 0.2) is 5.82 Å². The highest BCUT2D eigenvalue weighted by Crippen LogP contribution is 2.68. The highest BCUT2D eigenvalue weighted by molar-refractivity contribution is 6.04. The zero-order valence-corrected chi connectivity index (χ0v) is 29.3. The number of carbonyl (C=O) groups excluding carboxylic acids is 2. The van der Waals surface area contributed by atoms with Gasteiger partial charge in [0.1, 0.15) is 40.9 Å². The van der Waals surface area contributed by atoms with E-state index in [2.05, 4.69) is 32.7 Å². The van der Waals surface area contributed by atoms with Crippen molar-refractivity contribution < 1.29 is 41.0 Å². The Morgan fingerprint density at radius 2 is 1.78 bits per heavy atom. The van der Waals surface area contributed by atoms with Crippen molar-refractivity contribution in [3.8, 4) is 23.0 Å². The van der Waals surface area contributed by atoms with Crippen molar-refractivity contribution in [1.82, 2.24) is 29.9 Å². The van der Waals surface area contributed by atoms with Crippen molar-refractivity contribution in [1.29, 1.82) is 0 Å². The summed E-state index contributed by atoms with van der Waals surface area (Å²) in [6, 6.07) is 9.94. The van der Waals surface area contributed by atoms with Crippen LogP contribution in [0.25, 0.3) is 22.0 Å². The molecule has 5 aromatic rings. The summed E-state index contributed by atoms with van der Waals surface area (Å²) in [5.41, 5.74) is -1.37. The fraction of sp³-hybridized carbons (Fsp3) is 0.342. The topological polar surface area (TPSA) is 127 Å². The predicted octanol–water partition coefficient (Wildman–Crippen LogP) is 6.44. The van der Waals surface area contributed by atoms with E-state index in [1.807, 2.05) is 0 Å². The molecule has 0 unspecified atom stereocenters. The van der Waals surface area contributed by atoms with Crippen molar-refractivity contribution in [2.24, 2.45) is 13.0 Å². The molecule has 0 bridgehead atoms. The number of pyridine rings is 1. The van der Waals surface area contributed by atoms with Crippen LogP contribution in [0.2, 0.25) is 0 Å².